The molecule has 16 heavy (non-hydrogen) atoms. The SMILES string of the molecule is CC[N+](C)(CC)CCOCCC[N+](C)(C)C. The van der Waals surface area contributed by atoms with Crippen molar-refractivity contribution in [1.82, 2.24) is 0 Å². The predicted molar refractivity (Wildman–Crippen MR) is 70.5 cm³/mol. The molecule has 0 aromatic heterocycles. The number of hydrogen-bond acceptors (Lipinski definition) is 1. The van der Waals surface area contributed by atoms with Crippen LogP contribution in [0.1, 0.15) is 20.3 Å². The van der Waals surface area contributed by atoms with Crippen LogP contribution in [-0.2, 0) is 4.74 Å². The first kappa shape index (κ1) is 15.9. The van der Waals surface area contributed by atoms with E-state index in [1.165, 1.54) is 19.6 Å². The summed E-state index contributed by atoms with van der Waals surface area (Å²) in [6.45, 7) is 11.0. The molecule has 0 saturated heterocycles. The average molecular weight is 232 g/mol. The van der Waals surface area contributed by atoms with E-state index in [4.69, 9.17) is 4.74 Å². The van der Waals surface area contributed by atoms with E-state index in [9.17, 15) is 0 Å². The molecule has 0 amide bonds. The van der Waals surface area contributed by atoms with Crippen molar-refractivity contribution in [1.29, 1.82) is 0 Å². The quantitative estimate of drug-likeness (QED) is 0.433. The Morgan fingerprint density at radius 3 is 1.81 bits per heavy atom. The Balaban J connectivity index is 3.47. The van der Waals surface area contributed by atoms with Crippen molar-refractivity contribution >= 4 is 0 Å². The summed E-state index contributed by atoms with van der Waals surface area (Å²) in [5, 5.41) is 0. The van der Waals surface area contributed by atoms with E-state index in [0.29, 0.717) is 0 Å². The summed E-state index contributed by atoms with van der Waals surface area (Å²) in [5.41, 5.74) is 0. The Morgan fingerprint density at radius 1 is 0.812 bits per heavy atom. The van der Waals surface area contributed by atoms with E-state index in [-0.39, 0.29) is 0 Å². The molecule has 0 aromatic carbocycles. The molecule has 0 aliphatic rings. The Hall–Kier alpha value is -0.120. The highest BCUT2D eigenvalue weighted by molar-refractivity contribution is 4.37. The lowest BCUT2D eigenvalue weighted by molar-refractivity contribution is -0.906. The van der Waals surface area contributed by atoms with Crippen molar-refractivity contribution in [2.24, 2.45) is 0 Å². The third-order valence-corrected chi connectivity index (χ3v) is 3.42. The van der Waals surface area contributed by atoms with Crippen molar-refractivity contribution < 1.29 is 13.7 Å². The van der Waals surface area contributed by atoms with E-state index in [1.807, 2.05) is 0 Å². The first-order chi connectivity index (χ1) is 7.33. The lowest BCUT2D eigenvalue weighted by Crippen LogP contribution is -2.46. The van der Waals surface area contributed by atoms with Gasteiger partial charge in [-0.05, 0) is 13.8 Å². The van der Waals surface area contributed by atoms with Crippen LogP contribution in [-0.4, -0.2) is 76.5 Å². The van der Waals surface area contributed by atoms with Crippen LogP contribution in [0.25, 0.3) is 0 Å². The molecule has 0 saturated carbocycles. The molecule has 3 heteroatoms. The molecule has 0 radical (unpaired) electrons. The molecule has 0 aliphatic carbocycles. The second-order valence-electron chi connectivity index (χ2n) is 5.96. The van der Waals surface area contributed by atoms with Gasteiger partial charge in [-0.2, -0.15) is 0 Å². The Kier molecular flexibility index (Phi) is 7.20. The van der Waals surface area contributed by atoms with Crippen molar-refractivity contribution in [2.45, 2.75) is 20.3 Å². The summed E-state index contributed by atoms with van der Waals surface area (Å²) in [7, 11) is 8.97. The first-order valence-electron chi connectivity index (χ1n) is 6.55. The van der Waals surface area contributed by atoms with Gasteiger partial charge < -0.3 is 13.7 Å². The molecule has 0 rings (SSSR count). The molecule has 0 aromatic rings. The van der Waals surface area contributed by atoms with Gasteiger partial charge in [-0.1, -0.05) is 0 Å². The van der Waals surface area contributed by atoms with E-state index in [1.54, 1.807) is 0 Å². The second kappa shape index (κ2) is 7.25. The maximum atomic E-state index is 5.70. The van der Waals surface area contributed by atoms with Gasteiger partial charge in [0.05, 0.1) is 61.0 Å². The monoisotopic (exact) mass is 232 g/mol. The van der Waals surface area contributed by atoms with Gasteiger partial charge in [-0.15, -0.1) is 0 Å². The van der Waals surface area contributed by atoms with Crippen LogP contribution in [0.15, 0.2) is 0 Å². The van der Waals surface area contributed by atoms with Crippen LogP contribution in [0.3, 0.4) is 0 Å². The van der Waals surface area contributed by atoms with E-state index >= 15 is 0 Å². The van der Waals surface area contributed by atoms with E-state index in [2.05, 4.69) is 42.0 Å². The minimum absolute atomic E-state index is 0.898. The van der Waals surface area contributed by atoms with Crippen molar-refractivity contribution in [3.05, 3.63) is 0 Å². The first-order valence-corrected chi connectivity index (χ1v) is 6.55. The van der Waals surface area contributed by atoms with Gasteiger partial charge in [0.15, 0.2) is 0 Å². The number of likely N-dealkylation sites (N-methyl/N-ethyl adjacent to an activating group) is 1. The lowest BCUT2D eigenvalue weighted by atomic mass is 10.4. The third-order valence-electron chi connectivity index (χ3n) is 3.42. The summed E-state index contributed by atoms with van der Waals surface area (Å²) in [6, 6.07) is 0. The van der Waals surface area contributed by atoms with Crippen molar-refractivity contribution in [2.75, 3.05) is 67.6 Å². The minimum atomic E-state index is 0.898. The van der Waals surface area contributed by atoms with Crippen LogP contribution in [0, 0.1) is 0 Å². The highest BCUT2D eigenvalue weighted by Gasteiger charge is 2.15. The molecule has 98 valence electrons. The third kappa shape index (κ3) is 8.08. The van der Waals surface area contributed by atoms with Crippen molar-refractivity contribution in [3.8, 4) is 0 Å². The molecular weight excluding hydrogens is 200 g/mol. The summed E-state index contributed by atoms with van der Waals surface area (Å²) >= 11 is 0. The molecule has 0 aliphatic heterocycles. The number of ether oxygens (including phenoxy) is 1. The van der Waals surface area contributed by atoms with Crippen LogP contribution in [0.5, 0.6) is 0 Å². The summed E-state index contributed by atoms with van der Waals surface area (Å²) in [4.78, 5) is 0. The highest BCUT2D eigenvalue weighted by atomic mass is 16.5. The smallest absolute Gasteiger partial charge is 0.102 e. The molecule has 0 spiro atoms. The second-order valence-corrected chi connectivity index (χ2v) is 5.96. The number of quaternary nitrogens is 2. The van der Waals surface area contributed by atoms with Gasteiger partial charge in [-0.3, -0.25) is 0 Å². The number of hydrogen-bond donors (Lipinski definition) is 0. The largest absolute Gasteiger partial charge is 0.375 e. The predicted octanol–water partition coefficient (Wildman–Crippen LogP) is 1.59. The summed E-state index contributed by atoms with van der Waals surface area (Å²) < 4.78 is 7.85. The van der Waals surface area contributed by atoms with Crippen LogP contribution >= 0.6 is 0 Å². The number of rotatable bonds is 9. The van der Waals surface area contributed by atoms with Crippen LogP contribution in [0.2, 0.25) is 0 Å². The zero-order valence-electron chi connectivity index (χ0n) is 12.3. The minimum Gasteiger partial charge on any atom is -0.375 e. The highest BCUT2D eigenvalue weighted by Crippen LogP contribution is 2.01. The Labute approximate surface area is 102 Å². The molecule has 0 atom stereocenters. The molecule has 0 heterocycles. The van der Waals surface area contributed by atoms with Gasteiger partial charge in [0, 0.05) is 6.42 Å². The number of nitrogens with zero attached hydrogens (tertiary/aromatic N) is 2. The van der Waals surface area contributed by atoms with E-state index in [0.717, 1.165) is 35.1 Å². The normalized spacial score (nSPS) is 13.1. The molecule has 3 nitrogen and oxygen atoms in total. The summed E-state index contributed by atoms with van der Waals surface area (Å²) in [6.07, 6.45) is 1.16. The molecular formula is C13H32N2O+2. The fraction of sp³-hybridized carbons (Fsp3) is 1.00. The van der Waals surface area contributed by atoms with Gasteiger partial charge in [0.2, 0.25) is 0 Å². The standard InChI is InChI=1S/C13H32N2O/c1-7-15(6,8-2)11-13-16-12-9-10-14(3,4)5/h7-13H2,1-6H3/q+2. The van der Waals surface area contributed by atoms with Gasteiger partial charge >= 0.3 is 0 Å². The zero-order chi connectivity index (χ0) is 12.7. The molecule has 0 N–H and O–H groups in total. The fourth-order valence-electron chi connectivity index (χ4n) is 1.57. The van der Waals surface area contributed by atoms with Gasteiger partial charge in [0.1, 0.15) is 6.54 Å². The molecule has 0 fully saturated rings. The maximum Gasteiger partial charge on any atom is 0.102 e. The van der Waals surface area contributed by atoms with E-state index < -0.39 is 0 Å². The van der Waals surface area contributed by atoms with Crippen LogP contribution < -0.4 is 0 Å². The average Bonchev–Trinajstić information content (AvgIpc) is 2.21. The molecule has 0 bridgehead atoms. The van der Waals surface area contributed by atoms with Crippen molar-refractivity contribution in [3.63, 3.8) is 0 Å². The Bertz CT molecular complexity index is 171. The Morgan fingerprint density at radius 2 is 1.38 bits per heavy atom. The summed E-state index contributed by atoms with van der Waals surface area (Å²) in [5.74, 6) is 0. The topological polar surface area (TPSA) is 9.23 Å². The fourth-order valence-corrected chi connectivity index (χ4v) is 1.57. The van der Waals surface area contributed by atoms with Gasteiger partial charge in [-0.25, -0.2) is 0 Å². The maximum absolute atomic E-state index is 5.70. The zero-order valence-corrected chi connectivity index (χ0v) is 12.3. The van der Waals surface area contributed by atoms with Crippen LogP contribution in [0.4, 0.5) is 0 Å². The lowest BCUT2D eigenvalue weighted by Gasteiger charge is -2.32. The molecule has 0 unspecified atom stereocenters. The van der Waals surface area contributed by atoms with Gasteiger partial charge in [0.25, 0.3) is 0 Å².